The van der Waals surface area contributed by atoms with E-state index in [9.17, 15) is 33.3 Å². The number of rotatable bonds is 5. The number of hydrogen-bond donors (Lipinski definition) is 3. The SMILES string of the molecule is CN=CC1=C(O)[C@@]2(O)C(=O)C3=C(O)c4c(cccc4OS(=O)(=O)c4ccccc4)C[C@H]3C[C@H]2[C@H](N(C)C)C1=O. The molecule has 204 valence electrons. The average Bonchev–Trinajstić information content (AvgIpc) is 2.89. The molecule has 0 aromatic heterocycles. The number of Topliss-reactive ketones (excluding diaryl/α,β-unsaturated/α-hetero) is 2. The number of fused-ring (bicyclic) bond motifs is 3. The molecule has 3 aliphatic carbocycles. The van der Waals surface area contributed by atoms with E-state index in [4.69, 9.17) is 4.18 Å². The van der Waals surface area contributed by atoms with Gasteiger partial charge >= 0.3 is 10.1 Å². The van der Waals surface area contributed by atoms with Crippen LogP contribution < -0.4 is 4.18 Å². The van der Waals surface area contributed by atoms with Crippen molar-refractivity contribution in [3.05, 3.63) is 76.6 Å². The topological polar surface area (TPSA) is 154 Å². The van der Waals surface area contributed by atoms with Gasteiger partial charge in [0, 0.05) is 24.8 Å². The lowest BCUT2D eigenvalue weighted by Crippen LogP contribution is -2.65. The molecule has 0 aliphatic heterocycles. The molecule has 1 saturated carbocycles. The van der Waals surface area contributed by atoms with Crippen LogP contribution in [0.1, 0.15) is 17.5 Å². The molecular weight excluding hydrogens is 524 g/mol. The molecule has 0 unspecified atom stereocenters. The van der Waals surface area contributed by atoms with Gasteiger partial charge in [-0.05, 0) is 56.6 Å². The predicted octanol–water partition coefficient (Wildman–Crippen LogP) is 2.24. The maximum absolute atomic E-state index is 14.0. The summed E-state index contributed by atoms with van der Waals surface area (Å²) in [6, 6.07) is 11.2. The van der Waals surface area contributed by atoms with Crippen molar-refractivity contribution < 1.29 is 37.5 Å². The molecule has 10 nitrogen and oxygen atoms in total. The number of hydrogen-bond acceptors (Lipinski definition) is 10. The van der Waals surface area contributed by atoms with E-state index < -0.39 is 56.7 Å². The van der Waals surface area contributed by atoms with Gasteiger partial charge in [0.2, 0.25) is 5.78 Å². The van der Waals surface area contributed by atoms with E-state index in [1.54, 1.807) is 49.3 Å². The van der Waals surface area contributed by atoms with Crippen molar-refractivity contribution in [2.75, 3.05) is 21.1 Å². The fourth-order valence-corrected chi connectivity index (χ4v) is 6.99. The van der Waals surface area contributed by atoms with Gasteiger partial charge in [-0.15, -0.1) is 0 Å². The molecule has 0 bridgehead atoms. The van der Waals surface area contributed by atoms with E-state index in [0.29, 0.717) is 5.56 Å². The van der Waals surface area contributed by atoms with Gasteiger partial charge in [-0.2, -0.15) is 8.42 Å². The van der Waals surface area contributed by atoms with Gasteiger partial charge in [-0.3, -0.25) is 19.5 Å². The first-order valence-corrected chi connectivity index (χ1v) is 13.7. The molecule has 0 amide bonds. The third kappa shape index (κ3) is 4.00. The lowest BCUT2D eigenvalue weighted by atomic mass is 9.57. The Morgan fingerprint density at radius 2 is 1.77 bits per heavy atom. The lowest BCUT2D eigenvalue weighted by Gasteiger charge is -2.50. The minimum absolute atomic E-state index is 0.0218. The Hall–Kier alpha value is -3.80. The van der Waals surface area contributed by atoms with Crippen molar-refractivity contribution in [2.45, 2.75) is 29.4 Å². The van der Waals surface area contributed by atoms with Gasteiger partial charge in [0.1, 0.15) is 16.4 Å². The van der Waals surface area contributed by atoms with Crippen LogP contribution in [-0.2, 0) is 26.1 Å². The minimum atomic E-state index is -4.26. The molecule has 0 spiro atoms. The summed E-state index contributed by atoms with van der Waals surface area (Å²) in [5, 5.41) is 34.3. The number of aliphatic hydroxyl groups is 3. The standard InChI is InChI=1S/C28H28N2O8S/c1-29-14-18-24(31)23(30(2)3)19-13-16-12-15-8-7-11-20(38-39(36,37)17-9-5-4-6-10-17)21(15)25(32)22(16)27(34)28(19,35)26(18)33/h4-11,14,16,19,23,32-33,35H,12-13H2,1-3H3/t16-,19-,23-,28+/m0/s1. The molecule has 5 rings (SSSR count). The minimum Gasteiger partial charge on any atom is -0.508 e. The molecule has 0 saturated heterocycles. The Labute approximate surface area is 225 Å². The molecule has 39 heavy (non-hydrogen) atoms. The number of ketones is 2. The molecule has 0 radical (unpaired) electrons. The third-order valence-electron chi connectivity index (χ3n) is 7.72. The second-order valence-corrected chi connectivity index (χ2v) is 11.7. The van der Waals surface area contributed by atoms with Crippen LogP contribution in [0.2, 0.25) is 0 Å². The lowest BCUT2D eigenvalue weighted by molar-refractivity contribution is -0.152. The largest absolute Gasteiger partial charge is 0.508 e. The first kappa shape index (κ1) is 26.8. The Bertz CT molecular complexity index is 1580. The maximum Gasteiger partial charge on any atom is 0.339 e. The van der Waals surface area contributed by atoms with Gasteiger partial charge in [0.05, 0.1) is 17.2 Å². The number of nitrogens with zero attached hydrogens (tertiary/aromatic N) is 2. The summed E-state index contributed by atoms with van der Waals surface area (Å²) in [5.74, 6) is -4.54. The van der Waals surface area contributed by atoms with E-state index in [2.05, 4.69) is 4.99 Å². The van der Waals surface area contributed by atoms with Crippen LogP contribution in [0.15, 0.2) is 75.3 Å². The summed E-state index contributed by atoms with van der Waals surface area (Å²) in [5.41, 5.74) is -2.37. The second-order valence-electron chi connectivity index (χ2n) is 10.2. The number of carbonyl (C=O) groups excluding carboxylic acids is 2. The normalized spacial score (nSPS) is 27.1. The van der Waals surface area contributed by atoms with Crippen LogP contribution >= 0.6 is 0 Å². The van der Waals surface area contributed by atoms with Gasteiger partial charge in [-0.25, -0.2) is 0 Å². The summed E-state index contributed by atoms with van der Waals surface area (Å²) < 4.78 is 31.3. The maximum atomic E-state index is 14.0. The van der Waals surface area contributed by atoms with Crippen molar-refractivity contribution in [2.24, 2.45) is 16.8 Å². The highest BCUT2D eigenvalue weighted by molar-refractivity contribution is 7.87. The van der Waals surface area contributed by atoms with Gasteiger partial charge < -0.3 is 19.5 Å². The van der Waals surface area contributed by atoms with Crippen LogP contribution in [-0.4, -0.2) is 79.2 Å². The molecule has 3 aliphatic rings. The summed E-state index contributed by atoms with van der Waals surface area (Å²) >= 11 is 0. The average molecular weight is 553 g/mol. The van der Waals surface area contributed by atoms with E-state index in [0.717, 1.165) is 6.21 Å². The van der Waals surface area contributed by atoms with Crippen molar-refractivity contribution in [3.8, 4) is 5.75 Å². The van der Waals surface area contributed by atoms with E-state index in [1.165, 1.54) is 25.2 Å². The van der Waals surface area contributed by atoms with Crippen molar-refractivity contribution in [3.63, 3.8) is 0 Å². The quantitative estimate of drug-likeness (QED) is 0.374. The van der Waals surface area contributed by atoms with Gasteiger partial charge in [0.25, 0.3) is 0 Å². The molecule has 11 heteroatoms. The molecule has 3 N–H and O–H groups in total. The molecule has 1 fully saturated rings. The fourth-order valence-electron chi connectivity index (χ4n) is 6.03. The zero-order valence-electron chi connectivity index (χ0n) is 21.5. The number of benzene rings is 2. The predicted molar refractivity (Wildman–Crippen MR) is 142 cm³/mol. The van der Waals surface area contributed by atoms with Gasteiger partial charge in [-0.1, -0.05) is 30.3 Å². The van der Waals surface area contributed by atoms with E-state index >= 15 is 0 Å². The van der Waals surface area contributed by atoms with E-state index in [1.807, 2.05) is 0 Å². The number of aliphatic imine (C=N–C) groups is 1. The number of likely N-dealkylation sites (N-methyl/N-ethyl adjacent to an activating group) is 1. The van der Waals surface area contributed by atoms with Crippen LogP contribution in [0, 0.1) is 11.8 Å². The summed E-state index contributed by atoms with van der Waals surface area (Å²) in [4.78, 5) is 32.6. The number of carbonyl (C=O) groups is 2. The molecule has 0 heterocycles. The molecule has 2 aromatic rings. The monoisotopic (exact) mass is 552 g/mol. The molecule has 2 aromatic carbocycles. The Kier molecular flexibility index (Phi) is 6.48. The van der Waals surface area contributed by atoms with Crippen LogP contribution in [0.25, 0.3) is 5.76 Å². The molecular formula is C28H28N2O8S. The highest BCUT2D eigenvalue weighted by Crippen LogP contribution is 2.52. The highest BCUT2D eigenvalue weighted by Gasteiger charge is 2.63. The van der Waals surface area contributed by atoms with Crippen LogP contribution in [0.5, 0.6) is 5.75 Å². The van der Waals surface area contributed by atoms with E-state index in [-0.39, 0.29) is 40.2 Å². The van der Waals surface area contributed by atoms with Crippen molar-refractivity contribution in [1.82, 2.24) is 4.90 Å². The van der Waals surface area contributed by atoms with Crippen molar-refractivity contribution >= 4 is 33.7 Å². The Balaban J connectivity index is 1.66. The second kappa shape index (κ2) is 9.44. The summed E-state index contributed by atoms with van der Waals surface area (Å²) in [7, 11) is 0.421. The first-order valence-electron chi connectivity index (χ1n) is 12.3. The first-order chi connectivity index (χ1) is 18.4. The van der Waals surface area contributed by atoms with Crippen LogP contribution in [0.4, 0.5) is 0 Å². The van der Waals surface area contributed by atoms with Gasteiger partial charge in [0.15, 0.2) is 17.1 Å². The number of aliphatic hydroxyl groups excluding tert-OH is 2. The zero-order valence-corrected chi connectivity index (χ0v) is 22.3. The zero-order chi connectivity index (χ0) is 28.3. The third-order valence-corrected chi connectivity index (χ3v) is 8.97. The fraction of sp³-hybridized carbons (Fsp3) is 0.321. The smallest absolute Gasteiger partial charge is 0.339 e. The summed E-state index contributed by atoms with van der Waals surface area (Å²) in [6.45, 7) is 0. The Morgan fingerprint density at radius 1 is 1.08 bits per heavy atom. The van der Waals surface area contributed by atoms with Crippen molar-refractivity contribution in [1.29, 1.82) is 0 Å². The van der Waals surface area contributed by atoms with Crippen LogP contribution in [0.3, 0.4) is 0 Å². The highest BCUT2D eigenvalue weighted by atomic mass is 32.2. The Morgan fingerprint density at radius 3 is 2.41 bits per heavy atom. The molecule has 4 atom stereocenters. The summed E-state index contributed by atoms with van der Waals surface area (Å²) in [6.07, 6.45) is 1.42.